The summed E-state index contributed by atoms with van der Waals surface area (Å²) in [7, 11) is 0. The molecule has 1 aliphatic rings. The lowest BCUT2D eigenvalue weighted by molar-refractivity contribution is 0.100. The van der Waals surface area contributed by atoms with Gasteiger partial charge in [-0.15, -0.1) is 0 Å². The van der Waals surface area contributed by atoms with Crippen LogP contribution in [0.15, 0.2) is 18.2 Å². The van der Waals surface area contributed by atoms with Crippen LogP contribution >= 0.6 is 11.6 Å². The van der Waals surface area contributed by atoms with Crippen molar-refractivity contribution in [1.82, 2.24) is 5.32 Å². The number of nitrogens with one attached hydrogen (secondary N) is 1. The molecule has 0 bridgehead atoms. The fourth-order valence-electron chi connectivity index (χ4n) is 2.87. The van der Waals surface area contributed by atoms with E-state index in [2.05, 4.69) is 12.2 Å². The maximum absolute atomic E-state index is 11.1. The Balaban J connectivity index is 1.87. The summed E-state index contributed by atoms with van der Waals surface area (Å²) in [6, 6.07) is 5.85. The highest BCUT2D eigenvalue weighted by atomic mass is 35.5. The first kappa shape index (κ1) is 15.3. The molecule has 1 amide bonds. The van der Waals surface area contributed by atoms with E-state index in [9.17, 15) is 4.79 Å². The number of benzene rings is 1. The Bertz CT molecular complexity index is 468. The predicted octanol–water partition coefficient (Wildman–Crippen LogP) is 3.50. The number of rotatable bonds is 5. The molecule has 1 aromatic carbocycles. The zero-order valence-electron chi connectivity index (χ0n) is 12.0. The number of hydrogen-bond donors (Lipinski definition) is 2. The summed E-state index contributed by atoms with van der Waals surface area (Å²) in [5.41, 5.74) is 6.72. The Labute approximate surface area is 125 Å². The Morgan fingerprint density at radius 1 is 1.35 bits per heavy atom. The van der Waals surface area contributed by atoms with Crippen LogP contribution in [0.25, 0.3) is 0 Å². The van der Waals surface area contributed by atoms with Crippen LogP contribution < -0.4 is 11.1 Å². The highest BCUT2D eigenvalue weighted by molar-refractivity contribution is 6.31. The van der Waals surface area contributed by atoms with Gasteiger partial charge in [0.1, 0.15) is 0 Å². The van der Waals surface area contributed by atoms with E-state index in [1.165, 1.54) is 32.1 Å². The topological polar surface area (TPSA) is 55.1 Å². The number of carbonyl (C=O) groups is 1. The summed E-state index contributed by atoms with van der Waals surface area (Å²) >= 11 is 6.19. The first-order valence-corrected chi connectivity index (χ1v) is 7.79. The van der Waals surface area contributed by atoms with Crippen LogP contribution in [0.5, 0.6) is 0 Å². The summed E-state index contributed by atoms with van der Waals surface area (Å²) in [4.78, 5) is 11.1. The SMILES string of the molecule is CCC1CCC(NCc2ccc(C(N)=O)cc2Cl)CC1. The van der Waals surface area contributed by atoms with Crippen LogP contribution in [0, 0.1) is 5.92 Å². The van der Waals surface area contributed by atoms with Crippen LogP contribution in [0.2, 0.25) is 5.02 Å². The Hall–Kier alpha value is -1.06. The average molecular weight is 295 g/mol. The van der Waals surface area contributed by atoms with Crippen LogP contribution in [-0.2, 0) is 6.54 Å². The third-order valence-electron chi connectivity index (χ3n) is 4.34. The predicted molar refractivity (Wildman–Crippen MR) is 82.8 cm³/mol. The summed E-state index contributed by atoms with van der Waals surface area (Å²) in [5.74, 6) is 0.468. The maximum atomic E-state index is 11.1. The van der Waals surface area contributed by atoms with Gasteiger partial charge in [-0.3, -0.25) is 4.79 Å². The minimum absolute atomic E-state index is 0.440. The molecule has 0 heterocycles. The van der Waals surface area contributed by atoms with Crippen molar-refractivity contribution in [3.8, 4) is 0 Å². The Morgan fingerprint density at radius 3 is 2.60 bits per heavy atom. The zero-order valence-corrected chi connectivity index (χ0v) is 12.7. The molecule has 20 heavy (non-hydrogen) atoms. The van der Waals surface area contributed by atoms with E-state index in [-0.39, 0.29) is 0 Å². The lowest BCUT2D eigenvalue weighted by Crippen LogP contribution is -2.32. The van der Waals surface area contributed by atoms with Gasteiger partial charge >= 0.3 is 0 Å². The van der Waals surface area contributed by atoms with Gasteiger partial charge in [-0.2, -0.15) is 0 Å². The molecule has 0 aromatic heterocycles. The number of hydrogen-bond acceptors (Lipinski definition) is 2. The second kappa shape index (κ2) is 7.09. The highest BCUT2D eigenvalue weighted by Gasteiger charge is 2.19. The number of nitrogens with two attached hydrogens (primary N) is 1. The van der Waals surface area contributed by atoms with Gasteiger partial charge in [0.25, 0.3) is 0 Å². The fraction of sp³-hybridized carbons (Fsp3) is 0.562. The van der Waals surface area contributed by atoms with Gasteiger partial charge in [0.2, 0.25) is 5.91 Å². The molecule has 0 spiro atoms. The van der Waals surface area contributed by atoms with E-state index in [0.717, 1.165) is 18.0 Å². The quantitative estimate of drug-likeness (QED) is 0.873. The molecule has 0 unspecified atom stereocenters. The summed E-state index contributed by atoms with van der Waals surface area (Å²) in [5, 5.41) is 4.18. The molecule has 3 nitrogen and oxygen atoms in total. The molecule has 1 aliphatic carbocycles. The van der Waals surface area contributed by atoms with Gasteiger partial charge in [-0.25, -0.2) is 0 Å². The lowest BCUT2D eigenvalue weighted by atomic mass is 9.84. The molecule has 1 saturated carbocycles. The summed E-state index contributed by atoms with van der Waals surface area (Å²) in [6.07, 6.45) is 6.43. The van der Waals surface area contributed by atoms with E-state index in [1.54, 1.807) is 12.1 Å². The second-order valence-electron chi connectivity index (χ2n) is 5.68. The van der Waals surface area contributed by atoms with Gasteiger partial charge in [0.05, 0.1) is 0 Å². The molecule has 4 heteroatoms. The highest BCUT2D eigenvalue weighted by Crippen LogP contribution is 2.27. The molecule has 0 radical (unpaired) electrons. The van der Waals surface area contributed by atoms with Crippen LogP contribution in [0.3, 0.4) is 0 Å². The minimum atomic E-state index is -0.440. The van der Waals surface area contributed by atoms with Crippen LogP contribution in [-0.4, -0.2) is 11.9 Å². The summed E-state index contributed by atoms with van der Waals surface area (Å²) < 4.78 is 0. The van der Waals surface area contributed by atoms with Crippen molar-refractivity contribution < 1.29 is 4.79 Å². The molecule has 0 atom stereocenters. The third kappa shape index (κ3) is 3.97. The first-order chi connectivity index (χ1) is 9.60. The van der Waals surface area contributed by atoms with Gasteiger partial charge in [-0.05, 0) is 49.3 Å². The maximum Gasteiger partial charge on any atom is 0.248 e. The monoisotopic (exact) mass is 294 g/mol. The van der Waals surface area contributed by atoms with Crippen molar-refractivity contribution in [2.24, 2.45) is 11.7 Å². The van der Waals surface area contributed by atoms with Crippen molar-refractivity contribution >= 4 is 17.5 Å². The number of carbonyl (C=O) groups excluding carboxylic acids is 1. The Morgan fingerprint density at radius 2 is 2.05 bits per heavy atom. The minimum Gasteiger partial charge on any atom is -0.366 e. The molecular formula is C16H23ClN2O. The second-order valence-corrected chi connectivity index (χ2v) is 6.08. The third-order valence-corrected chi connectivity index (χ3v) is 4.69. The van der Waals surface area contributed by atoms with E-state index in [1.807, 2.05) is 6.07 Å². The van der Waals surface area contributed by atoms with E-state index >= 15 is 0 Å². The van der Waals surface area contributed by atoms with Gasteiger partial charge in [-0.1, -0.05) is 31.0 Å². The van der Waals surface area contributed by atoms with Crippen molar-refractivity contribution in [3.63, 3.8) is 0 Å². The van der Waals surface area contributed by atoms with E-state index in [0.29, 0.717) is 16.6 Å². The van der Waals surface area contributed by atoms with Crippen LogP contribution in [0.1, 0.15) is 54.9 Å². The molecule has 3 N–H and O–H groups in total. The number of halogens is 1. The Kier molecular flexibility index (Phi) is 5.44. The molecule has 1 fully saturated rings. The van der Waals surface area contributed by atoms with Crippen molar-refractivity contribution in [2.45, 2.75) is 51.6 Å². The fourth-order valence-corrected chi connectivity index (χ4v) is 3.12. The average Bonchev–Trinajstić information content (AvgIpc) is 2.46. The molecule has 0 aliphatic heterocycles. The van der Waals surface area contributed by atoms with E-state index < -0.39 is 5.91 Å². The lowest BCUT2D eigenvalue weighted by Gasteiger charge is -2.28. The van der Waals surface area contributed by atoms with Gasteiger partial charge in [0.15, 0.2) is 0 Å². The van der Waals surface area contributed by atoms with Gasteiger partial charge in [0, 0.05) is 23.2 Å². The van der Waals surface area contributed by atoms with Crippen molar-refractivity contribution in [1.29, 1.82) is 0 Å². The smallest absolute Gasteiger partial charge is 0.248 e. The molecule has 110 valence electrons. The van der Waals surface area contributed by atoms with Crippen molar-refractivity contribution in [3.05, 3.63) is 34.3 Å². The van der Waals surface area contributed by atoms with E-state index in [4.69, 9.17) is 17.3 Å². The standard InChI is InChI=1S/C16H23ClN2O/c1-2-11-3-7-14(8-4-11)19-10-13-6-5-12(16(18)20)9-15(13)17/h5-6,9,11,14,19H,2-4,7-8,10H2,1H3,(H2,18,20). The molecule has 2 rings (SSSR count). The number of primary amides is 1. The largest absolute Gasteiger partial charge is 0.366 e. The number of amides is 1. The van der Waals surface area contributed by atoms with Gasteiger partial charge < -0.3 is 11.1 Å². The normalized spacial score (nSPS) is 22.7. The molecular weight excluding hydrogens is 272 g/mol. The van der Waals surface area contributed by atoms with Crippen molar-refractivity contribution in [2.75, 3.05) is 0 Å². The zero-order chi connectivity index (χ0) is 14.5. The summed E-state index contributed by atoms with van der Waals surface area (Å²) in [6.45, 7) is 3.03. The first-order valence-electron chi connectivity index (χ1n) is 7.41. The van der Waals surface area contributed by atoms with Crippen LogP contribution in [0.4, 0.5) is 0 Å². The molecule has 1 aromatic rings. The molecule has 0 saturated heterocycles.